The Morgan fingerprint density at radius 3 is 2.50 bits per heavy atom. The van der Waals surface area contributed by atoms with Gasteiger partial charge < -0.3 is 9.64 Å². The largest absolute Gasteiger partial charge is 0.487 e. The average molecular weight is 465 g/mol. The van der Waals surface area contributed by atoms with Gasteiger partial charge >= 0.3 is 0 Å². The lowest BCUT2D eigenvalue weighted by molar-refractivity contribution is 0.163. The highest BCUT2D eigenvalue weighted by molar-refractivity contribution is 5.83. The van der Waals surface area contributed by atoms with Gasteiger partial charge in [0.1, 0.15) is 23.1 Å². The minimum Gasteiger partial charge on any atom is -0.487 e. The summed E-state index contributed by atoms with van der Waals surface area (Å²) in [6, 6.07) is 5.39. The Balaban J connectivity index is 1.43. The lowest BCUT2D eigenvalue weighted by Crippen LogP contribution is -2.39. The molecule has 4 aromatic rings. The number of rotatable bonds is 5. The van der Waals surface area contributed by atoms with Crippen LogP contribution in [0.1, 0.15) is 38.3 Å². The maximum atomic E-state index is 14.0. The Bertz CT molecular complexity index is 1330. The smallest absolute Gasteiger partial charge is 0.167 e. The Labute approximate surface area is 196 Å². The zero-order valence-electron chi connectivity index (χ0n) is 19.4. The number of pyridine rings is 1. The number of nitrogens with zero attached hydrogens (tertiary/aromatic N) is 6. The number of ether oxygens (including phenoxy) is 1. The first-order chi connectivity index (χ1) is 16.4. The van der Waals surface area contributed by atoms with Gasteiger partial charge in [-0.25, -0.2) is 18.7 Å². The van der Waals surface area contributed by atoms with Crippen LogP contribution in [0, 0.1) is 11.6 Å². The van der Waals surface area contributed by atoms with Crippen LogP contribution in [-0.4, -0.2) is 43.9 Å². The first-order valence-corrected chi connectivity index (χ1v) is 11.4. The summed E-state index contributed by atoms with van der Waals surface area (Å²) < 4.78 is 34.8. The van der Waals surface area contributed by atoms with E-state index in [4.69, 9.17) is 14.7 Å². The Hall–Kier alpha value is -3.62. The zero-order chi connectivity index (χ0) is 23.8. The maximum Gasteiger partial charge on any atom is 0.167 e. The third-order valence-corrected chi connectivity index (χ3v) is 6.05. The second-order valence-electron chi connectivity index (χ2n) is 8.93. The van der Waals surface area contributed by atoms with Gasteiger partial charge in [-0.15, -0.1) is 0 Å². The van der Waals surface area contributed by atoms with Gasteiger partial charge in [-0.1, -0.05) is 13.8 Å². The molecule has 4 heterocycles. The predicted molar refractivity (Wildman–Crippen MR) is 126 cm³/mol. The third kappa shape index (κ3) is 4.42. The molecule has 1 saturated heterocycles. The van der Waals surface area contributed by atoms with Crippen LogP contribution >= 0.6 is 0 Å². The molecule has 0 aliphatic carbocycles. The van der Waals surface area contributed by atoms with Crippen molar-refractivity contribution >= 4 is 16.9 Å². The van der Waals surface area contributed by atoms with Crippen molar-refractivity contribution in [2.24, 2.45) is 7.05 Å². The molecule has 5 rings (SSSR count). The van der Waals surface area contributed by atoms with E-state index in [1.165, 1.54) is 12.1 Å². The zero-order valence-corrected chi connectivity index (χ0v) is 19.4. The first-order valence-electron chi connectivity index (χ1n) is 11.4. The van der Waals surface area contributed by atoms with Crippen molar-refractivity contribution in [3.63, 3.8) is 0 Å². The second kappa shape index (κ2) is 8.96. The molecule has 0 spiro atoms. The molecule has 0 saturated carbocycles. The van der Waals surface area contributed by atoms with E-state index in [9.17, 15) is 8.78 Å². The lowest BCUT2D eigenvalue weighted by Gasteiger charge is -2.33. The highest BCUT2D eigenvalue weighted by Crippen LogP contribution is 2.32. The molecule has 0 bridgehead atoms. The molecule has 1 aromatic carbocycles. The van der Waals surface area contributed by atoms with Crippen LogP contribution in [0.4, 0.5) is 14.6 Å². The minimum atomic E-state index is -0.684. The Morgan fingerprint density at radius 2 is 1.82 bits per heavy atom. The van der Waals surface area contributed by atoms with E-state index in [0.29, 0.717) is 25.9 Å². The molecule has 0 atom stereocenters. The van der Waals surface area contributed by atoms with Crippen molar-refractivity contribution in [3.05, 3.63) is 60.2 Å². The number of hydrogen-bond acceptors (Lipinski definition) is 6. The van der Waals surface area contributed by atoms with Crippen molar-refractivity contribution < 1.29 is 13.5 Å². The van der Waals surface area contributed by atoms with Gasteiger partial charge in [-0.3, -0.25) is 9.67 Å². The van der Waals surface area contributed by atoms with Gasteiger partial charge in [-0.05, 0) is 24.1 Å². The monoisotopic (exact) mass is 464 g/mol. The molecule has 7 nitrogen and oxygen atoms in total. The fourth-order valence-corrected chi connectivity index (χ4v) is 4.18. The molecule has 3 aromatic heterocycles. The fourth-order valence-electron chi connectivity index (χ4n) is 4.18. The van der Waals surface area contributed by atoms with E-state index >= 15 is 0 Å². The fraction of sp³-hybridized carbons (Fsp3) is 0.360. The van der Waals surface area contributed by atoms with Gasteiger partial charge in [0.05, 0.1) is 17.9 Å². The number of fused-ring (bicyclic) bond motifs is 1. The van der Waals surface area contributed by atoms with Gasteiger partial charge in [0.25, 0.3) is 0 Å². The topological polar surface area (TPSA) is 69.0 Å². The summed E-state index contributed by atoms with van der Waals surface area (Å²) in [5.74, 6) is -0.153. The van der Waals surface area contributed by atoms with Crippen molar-refractivity contribution in [1.82, 2.24) is 24.7 Å². The molecule has 0 N–H and O–H groups in total. The number of benzene rings is 1. The third-order valence-electron chi connectivity index (χ3n) is 6.05. The first kappa shape index (κ1) is 22.2. The molecular weight excluding hydrogens is 438 g/mol. The molecule has 1 aliphatic heterocycles. The lowest BCUT2D eigenvalue weighted by atomic mass is 10.1. The average Bonchev–Trinajstić information content (AvgIpc) is 3.26. The summed E-state index contributed by atoms with van der Waals surface area (Å²) in [6.45, 7) is 5.54. The summed E-state index contributed by atoms with van der Waals surface area (Å²) >= 11 is 0. The van der Waals surface area contributed by atoms with Crippen molar-refractivity contribution in [2.45, 2.75) is 38.7 Å². The second-order valence-corrected chi connectivity index (χ2v) is 8.93. The summed E-state index contributed by atoms with van der Waals surface area (Å²) in [5.41, 5.74) is 4.13. The summed E-state index contributed by atoms with van der Waals surface area (Å²) in [4.78, 5) is 16.6. The van der Waals surface area contributed by atoms with E-state index in [2.05, 4.69) is 28.8 Å². The highest BCUT2D eigenvalue weighted by atomic mass is 19.1. The summed E-state index contributed by atoms with van der Waals surface area (Å²) in [7, 11) is 1.87. The van der Waals surface area contributed by atoms with Crippen LogP contribution in [0.5, 0.6) is 5.75 Å². The number of piperidine rings is 1. The normalized spacial score (nSPS) is 14.8. The molecule has 1 aliphatic rings. The van der Waals surface area contributed by atoms with E-state index in [-0.39, 0.29) is 17.8 Å². The van der Waals surface area contributed by atoms with E-state index < -0.39 is 11.6 Å². The van der Waals surface area contributed by atoms with E-state index in [1.54, 1.807) is 17.1 Å². The number of aromatic nitrogens is 5. The molecule has 176 valence electrons. The van der Waals surface area contributed by atoms with Crippen molar-refractivity contribution in [1.29, 1.82) is 0 Å². The Kier molecular flexibility index (Phi) is 5.85. The van der Waals surface area contributed by atoms with Crippen LogP contribution in [0.15, 0.2) is 42.9 Å². The number of anilines is 1. The van der Waals surface area contributed by atoms with Gasteiger partial charge in [0.2, 0.25) is 0 Å². The van der Waals surface area contributed by atoms with Crippen LogP contribution in [0.3, 0.4) is 0 Å². The molecule has 9 heteroatoms. The molecule has 34 heavy (non-hydrogen) atoms. The van der Waals surface area contributed by atoms with Crippen molar-refractivity contribution in [3.8, 4) is 17.0 Å². The van der Waals surface area contributed by atoms with E-state index in [1.807, 2.05) is 19.3 Å². The molecule has 1 fully saturated rings. The van der Waals surface area contributed by atoms with Crippen LogP contribution < -0.4 is 9.64 Å². The standard InChI is InChI=1S/C25H26F2N6O/c1-15(2)20-11-21-22(13-28-20)30-24(16-12-29-32(3)14-16)25(31-21)33-8-6-18(7-9-33)34-23-5-4-17(26)10-19(23)27/h4-5,10-15,18H,6-9H2,1-3H3. The van der Waals surface area contributed by atoms with Crippen molar-refractivity contribution in [2.75, 3.05) is 18.0 Å². The molecule has 0 radical (unpaired) electrons. The quantitative estimate of drug-likeness (QED) is 0.420. The number of hydrogen-bond donors (Lipinski definition) is 0. The van der Waals surface area contributed by atoms with Crippen LogP contribution in [-0.2, 0) is 7.05 Å². The number of aryl methyl sites for hydroxylation is 1. The SMILES string of the molecule is CC(C)c1cc2nc(N3CCC(Oc4ccc(F)cc4F)CC3)c(-c3cnn(C)c3)nc2cn1. The minimum absolute atomic E-state index is 0.0788. The van der Waals surface area contributed by atoms with Gasteiger partial charge in [-0.2, -0.15) is 5.10 Å². The number of halogens is 2. The van der Waals surface area contributed by atoms with Gasteiger partial charge in [0.15, 0.2) is 17.4 Å². The molecule has 0 amide bonds. The van der Waals surface area contributed by atoms with E-state index in [0.717, 1.165) is 39.9 Å². The van der Waals surface area contributed by atoms with Crippen LogP contribution in [0.2, 0.25) is 0 Å². The predicted octanol–water partition coefficient (Wildman–Crippen LogP) is 4.87. The summed E-state index contributed by atoms with van der Waals surface area (Å²) in [6.07, 6.45) is 6.67. The highest BCUT2D eigenvalue weighted by Gasteiger charge is 2.26. The maximum absolute atomic E-state index is 14.0. The van der Waals surface area contributed by atoms with Crippen LogP contribution in [0.25, 0.3) is 22.3 Å². The van der Waals surface area contributed by atoms with Gasteiger partial charge in [0, 0.05) is 56.5 Å². The summed E-state index contributed by atoms with van der Waals surface area (Å²) in [5, 5.41) is 4.30. The molecular formula is C25H26F2N6O. The molecule has 0 unspecified atom stereocenters. The Morgan fingerprint density at radius 1 is 1.03 bits per heavy atom.